The van der Waals surface area contributed by atoms with Crippen molar-refractivity contribution in [1.29, 1.82) is 5.53 Å². The molecule has 0 rings (SSSR count). The van der Waals surface area contributed by atoms with Crippen LogP contribution in [0.15, 0.2) is 5.11 Å². The first-order valence-electron chi connectivity index (χ1n) is 6.14. The molecule has 1 unspecified atom stereocenters. The van der Waals surface area contributed by atoms with Crippen LogP contribution in [-0.4, -0.2) is 46.9 Å². The average molecular weight is 337 g/mol. The topological polar surface area (TPSA) is 126 Å². The van der Waals surface area contributed by atoms with Crippen LogP contribution >= 0.6 is 21.6 Å². The van der Waals surface area contributed by atoms with Gasteiger partial charge in [-0.05, 0) is 33.4 Å². The molecule has 0 bridgehead atoms. The zero-order chi connectivity index (χ0) is 16.5. The summed E-state index contributed by atoms with van der Waals surface area (Å²) in [7, 11) is 2.89. The van der Waals surface area contributed by atoms with Crippen molar-refractivity contribution < 1.29 is 19.4 Å². The van der Waals surface area contributed by atoms with Crippen molar-refractivity contribution >= 4 is 33.7 Å². The first-order chi connectivity index (χ1) is 9.69. The molecule has 10 heteroatoms. The number of hydrogen-bond donors (Lipinski definition) is 3. The van der Waals surface area contributed by atoms with Gasteiger partial charge in [0.2, 0.25) is 4.91 Å². The van der Waals surface area contributed by atoms with Crippen LogP contribution in [-0.2, 0) is 9.53 Å². The lowest BCUT2D eigenvalue weighted by atomic mass is 10.1. The predicted octanol–water partition coefficient (Wildman–Crippen LogP) is 2.28. The number of hydrogen-bond acceptors (Lipinski definition) is 7. The van der Waals surface area contributed by atoms with Gasteiger partial charge in [-0.15, -0.1) is 0 Å². The third kappa shape index (κ3) is 10.2. The van der Waals surface area contributed by atoms with Gasteiger partial charge in [0, 0.05) is 5.25 Å². The molecule has 3 N–H and O–H groups in total. The molecule has 1 amide bonds. The van der Waals surface area contributed by atoms with Crippen LogP contribution in [0.4, 0.5) is 4.79 Å². The maximum atomic E-state index is 11.6. The van der Waals surface area contributed by atoms with Crippen LogP contribution < -0.4 is 10.2 Å². The number of aliphatic carboxylic acids is 1. The van der Waals surface area contributed by atoms with E-state index in [1.165, 1.54) is 21.6 Å². The molecule has 120 valence electrons. The van der Waals surface area contributed by atoms with Gasteiger partial charge in [0.25, 0.3) is 0 Å². The Morgan fingerprint density at radius 3 is 2.52 bits per heavy atom. The van der Waals surface area contributed by atoms with E-state index in [0.717, 1.165) is 0 Å². The molecular weight excluding hydrogens is 316 g/mol. The zero-order valence-electron chi connectivity index (χ0n) is 12.5. The average Bonchev–Trinajstić information content (AvgIpc) is 2.32. The molecule has 0 aliphatic rings. The number of amides is 1. The maximum Gasteiger partial charge on any atom is 0.408 e. The maximum absolute atomic E-state index is 11.6. The Bertz CT molecular complexity index is 408. The van der Waals surface area contributed by atoms with Crippen molar-refractivity contribution in [2.45, 2.75) is 44.1 Å². The van der Waals surface area contributed by atoms with Crippen LogP contribution in [0.2, 0.25) is 0 Å². The minimum absolute atomic E-state index is 0.166. The van der Waals surface area contributed by atoms with E-state index in [2.05, 4.69) is 15.3 Å². The van der Waals surface area contributed by atoms with E-state index in [1.54, 1.807) is 20.8 Å². The molecule has 2 atom stereocenters. The second kappa shape index (κ2) is 9.64. The smallest absolute Gasteiger partial charge is 0.408 e. The molecule has 21 heavy (non-hydrogen) atoms. The summed E-state index contributed by atoms with van der Waals surface area (Å²) in [5, 5.41) is 14.9. The molecule has 0 aromatic rings. The summed E-state index contributed by atoms with van der Waals surface area (Å²) in [5.74, 6) is -1.14. The Hall–Kier alpha value is -1.25. The Morgan fingerprint density at radius 2 is 2.10 bits per heavy atom. The summed E-state index contributed by atoms with van der Waals surface area (Å²) >= 11 is 0. The first kappa shape index (κ1) is 19.8. The summed E-state index contributed by atoms with van der Waals surface area (Å²) in [6, 6.07) is -1.08. The van der Waals surface area contributed by atoms with E-state index < -0.39 is 23.7 Å². The quantitative estimate of drug-likeness (QED) is 0.354. The normalized spacial score (nSPS) is 13.7. The van der Waals surface area contributed by atoms with E-state index in [1.807, 2.05) is 6.26 Å². The predicted molar refractivity (Wildman–Crippen MR) is 82.5 cm³/mol. The Balaban J connectivity index is 4.69. The highest BCUT2D eigenvalue weighted by molar-refractivity contribution is 8.76. The number of carboxylic acids is 1. The highest BCUT2D eigenvalue weighted by atomic mass is 33.1. The summed E-state index contributed by atoms with van der Waals surface area (Å²) in [4.78, 5) is 25.8. The lowest BCUT2D eigenvalue weighted by Crippen LogP contribution is -2.45. The van der Waals surface area contributed by atoms with Gasteiger partial charge in [-0.1, -0.05) is 21.6 Å². The van der Waals surface area contributed by atoms with Gasteiger partial charge in [0.15, 0.2) is 0 Å². The minimum atomic E-state index is -1.14. The number of nitrogens with one attached hydrogen (secondary N) is 2. The molecule has 0 aliphatic carbocycles. The second-order valence-corrected chi connectivity index (χ2v) is 7.85. The van der Waals surface area contributed by atoms with Gasteiger partial charge < -0.3 is 15.2 Å². The van der Waals surface area contributed by atoms with Crippen molar-refractivity contribution in [2.24, 2.45) is 5.11 Å². The Kier molecular flexibility index (Phi) is 9.07. The molecule has 0 aromatic carbocycles. The number of nitrogens with zero attached hydrogens (tertiary/aromatic N) is 2. The van der Waals surface area contributed by atoms with E-state index >= 15 is 0 Å². The highest BCUT2D eigenvalue weighted by Gasteiger charge is 2.27. The van der Waals surface area contributed by atoms with Gasteiger partial charge in [0.05, 0.1) is 0 Å². The molecular formula is C11H21N4O4S2+. The van der Waals surface area contributed by atoms with E-state index in [9.17, 15) is 14.7 Å². The molecule has 0 aromatic heterocycles. The number of carbonyl (C=O) groups excluding carboxylic acids is 1. The molecule has 0 fully saturated rings. The molecule has 0 saturated heterocycles. The van der Waals surface area contributed by atoms with Crippen LogP contribution in [0.3, 0.4) is 0 Å². The molecule has 0 spiro atoms. The number of alkyl carbamates (subject to hydrolysis) is 1. The van der Waals surface area contributed by atoms with Gasteiger partial charge in [-0.25, -0.2) is 9.59 Å². The molecule has 0 saturated carbocycles. The number of ether oxygens (including phenoxy) is 1. The van der Waals surface area contributed by atoms with Crippen molar-refractivity contribution in [3.8, 4) is 0 Å². The largest absolute Gasteiger partial charge is 0.480 e. The summed E-state index contributed by atoms with van der Waals surface area (Å²) in [6.07, 6.45) is 1.25. The summed E-state index contributed by atoms with van der Waals surface area (Å²) < 4.78 is 5.04. The Labute approximate surface area is 131 Å². The fourth-order valence-corrected chi connectivity index (χ4v) is 3.25. The van der Waals surface area contributed by atoms with Gasteiger partial charge in [-0.3, -0.25) is 0 Å². The zero-order valence-corrected chi connectivity index (χ0v) is 14.1. The Morgan fingerprint density at radius 1 is 1.48 bits per heavy atom. The van der Waals surface area contributed by atoms with Crippen LogP contribution in [0.1, 0.15) is 27.2 Å². The van der Waals surface area contributed by atoms with Crippen molar-refractivity contribution in [3.63, 3.8) is 0 Å². The lowest BCUT2D eigenvalue weighted by molar-refractivity contribution is -0.139. The van der Waals surface area contributed by atoms with Crippen LogP contribution in [0.5, 0.6) is 0 Å². The van der Waals surface area contributed by atoms with Gasteiger partial charge >= 0.3 is 12.1 Å². The highest BCUT2D eigenvalue weighted by Crippen LogP contribution is 2.27. The second-order valence-electron chi connectivity index (χ2n) is 5.08. The number of rotatable bonds is 8. The fourth-order valence-electron chi connectivity index (χ4n) is 1.35. The summed E-state index contributed by atoms with van der Waals surface area (Å²) in [6.45, 7) is 5.31. The molecule has 0 heterocycles. The van der Waals surface area contributed by atoms with Crippen LogP contribution in [0, 0.1) is 5.53 Å². The molecule has 8 nitrogen and oxygen atoms in total. The fraction of sp³-hybridized carbons (Fsp3) is 0.818. The van der Waals surface area contributed by atoms with E-state index in [4.69, 9.17) is 10.3 Å². The standard InChI is InChI=1S/C11H20N4O4S2/c1-11(2,3)19-10(18)14-8(9(16)17)5-7(21-20-4)6-13-15-12/h7-8,12H,5-6H2,1-4H3,(H-,14,16,17,18)/p+1/t7?,8-/m0/s1. The monoisotopic (exact) mass is 337 g/mol. The van der Waals surface area contributed by atoms with Crippen LogP contribution in [0.25, 0.3) is 0 Å². The third-order valence-electron chi connectivity index (χ3n) is 2.08. The third-order valence-corrected chi connectivity index (χ3v) is 4.28. The first-order valence-corrected chi connectivity index (χ1v) is 8.76. The van der Waals surface area contributed by atoms with Crippen molar-refractivity contribution in [3.05, 3.63) is 0 Å². The number of carboxylic acid groups (broad SMARTS) is 1. The minimum Gasteiger partial charge on any atom is -0.480 e. The van der Waals surface area contributed by atoms with E-state index in [0.29, 0.717) is 0 Å². The van der Waals surface area contributed by atoms with Crippen molar-refractivity contribution in [2.75, 3.05) is 12.8 Å². The SMILES string of the molecule is CSSC(CN=[N+]=N)C[C@H](NC(=O)OC(C)(C)C)C(=O)O. The van der Waals surface area contributed by atoms with Gasteiger partial charge in [0.1, 0.15) is 28.8 Å². The molecule has 0 radical (unpaired) electrons. The molecule has 0 aliphatic heterocycles. The van der Waals surface area contributed by atoms with Gasteiger partial charge in [-0.2, -0.15) is 0 Å². The van der Waals surface area contributed by atoms with E-state index in [-0.39, 0.29) is 18.2 Å². The van der Waals surface area contributed by atoms with Crippen molar-refractivity contribution in [1.82, 2.24) is 10.2 Å². The summed E-state index contributed by atoms with van der Waals surface area (Å²) in [5.41, 5.74) is 5.95. The lowest BCUT2D eigenvalue weighted by Gasteiger charge is -2.23. The number of carbonyl (C=O) groups is 2.